The van der Waals surface area contributed by atoms with Gasteiger partial charge in [-0.15, -0.1) is 0 Å². The third-order valence-electron chi connectivity index (χ3n) is 10.5. The van der Waals surface area contributed by atoms with Gasteiger partial charge in [0.15, 0.2) is 0 Å². The molecule has 0 heteroatoms. The number of fused-ring (bicyclic) bond motifs is 9. The molecule has 0 bridgehead atoms. The molecule has 0 nitrogen and oxygen atoms in total. The predicted molar refractivity (Wildman–Crippen MR) is 209 cm³/mol. The average Bonchev–Trinajstić information content (AvgIpc) is 3.57. The zero-order chi connectivity index (χ0) is 32.3. The van der Waals surface area contributed by atoms with Gasteiger partial charge in [-0.25, -0.2) is 0 Å². The first-order chi connectivity index (χ1) is 24.3. The van der Waals surface area contributed by atoms with E-state index in [1.165, 1.54) is 99.1 Å². The highest BCUT2D eigenvalue weighted by molar-refractivity contribution is 6.25. The van der Waals surface area contributed by atoms with Crippen molar-refractivity contribution in [2.75, 3.05) is 0 Å². The first kappa shape index (κ1) is 27.8. The SMILES string of the molecule is c1ccc(-c2ccc(-c3cccc(-c4cc(-c5ccc6c7ccccc7c7ccccc7c6c5)cc5c4Cc4ccccc4-5)c3)cc2)cc1. The molecule has 0 atom stereocenters. The van der Waals surface area contributed by atoms with Crippen LogP contribution in [0.2, 0.25) is 0 Å². The summed E-state index contributed by atoms with van der Waals surface area (Å²) >= 11 is 0. The van der Waals surface area contributed by atoms with Gasteiger partial charge in [0.05, 0.1) is 0 Å². The minimum absolute atomic E-state index is 0.950. The van der Waals surface area contributed by atoms with Gasteiger partial charge in [-0.3, -0.25) is 0 Å². The van der Waals surface area contributed by atoms with Crippen LogP contribution in [0.3, 0.4) is 0 Å². The maximum Gasteiger partial charge on any atom is -0.000728 e. The van der Waals surface area contributed by atoms with Crippen LogP contribution in [-0.4, -0.2) is 0 Å². The van der Waals surface area contributed by atoms with Crippen molar-refractivity contribution in [1.82, 2.24) is 0 Å². The van der Waals surface area contributed by atoms with E-state index in [0.29, 0.717) is 0 Å². The van der Waals surface area contributed by atoms with Crippen molar-refractivity contribution in [3.05, 3.63) is 193 Å². The van der Waals surface area contributed by atoms with Crippen molar-refractivity contribution in [2.45, 2.75) is 6.42 Å². The average molecular weight is 621 g/mol. The first-order valence-electron chi connectivity index (χ1n) is 17.1. The summed E-state index contributed by atoms with van der Waals surface area (Å²) in [6.45, 7) is 0. The molecule has 1 aliphatic carbocycles. The van der Waals surface area contributed by atoms with Crippen molar-refractivity contribution < 1.29 is 0 Å². The van der Waals surface area contributed by atoms with Gasteiger partial charge in [0.2, 0.25) is 0 Å². The van der Waals surface area contributed by atoms with Gasteiger partial charge < -0.3 is 0 Å². The van der Waals surface area contributed by atoms with E-state index < -0.39 is 0 Å². The molecular weight excluding hydrogens is 589 g/mol. The van der Waals surface area contributed by atoms with Gasteiger partial charge in [0, 0.05) is 0 Å². The van der Waals surface area contributed by atoms with E-state index in [-0.39, 0.29) is 0 Å². The van der Waals surface area contributed by atoms with Crippen LogP contribution in [-0.2, 0) is 6.42 Å². The van der Waals surface area contributed by atoms with E-state index in [9.17, 15) is 0 Å². The Morgan fingerprint density at radius 2 is 0.735 bits per heavy atom. The lowest BCUT2D eigenvalue weighted by molar-refractivity contribution is 1.26. The Balaban J connectivity index is 1.14. The molecule has 228 valence electrons. The van der Waals surface area contributed by atoms with E-state index in [1.54, 1.807) is 0 Å². The zero-order valence-electron chi connectivity index (χ0n) is 27.0. The third-order valence-corrected chi connectivity index (χ3v) is 10.5. The van der Waals surface area contributed by atoms with Gasteiger partial charge in [0.25, 0.3) is 0 Å². The van der Waals surface area contributed by atoms with Crippen molar-refractivity contribution in [2.24, 2.45) is 0 Å². The predicted octanol–water partition coefficient (Wildman–Crippen LogP) is 13.4. The van der Waals surface area contributed by atoms with Gasteiger partial charge in [-0.05, 0) is 130 Å². The van der Waals surface area contributed by atoms with Crippen LogP contribution in [0.1, 0.15) is 11.1 Å². The maximum absolute atomic E-state index is 2.44. The highest BCUT2D eigenvalue weighted by Crippen LogP contribution is 2.46. The molecule has 0 amide bonds. The highest BCUT2D eigenvalue weighted by atomic mass is 14.3. The quantitative estimate of drug-likeness (QED) is 0.172. The van der Waals surface area contributed by atoms with Crippen molar-refractivity contribution in [3.8, 4) is 55.6 Å². The molecule has 0 unspecified atom stereocenters. The Hall–Kier alpha value is -6.24. The van der Waals surface area contributed by atoms with Crippen molar-refractivity contribution in [3.63, 3.8) is 0 Å². The van der Waals surface area contributed by atoms with Gasteiger partial charge in [-0.1, -0.05) is 158 Å². The molecular formula is C49H32. The zero-order valence-corrected chi connectivity index (χ0v) is 27.0. The summed E-state index contributed by atoms with van der Waals surface area (Å²) in [6.07, 6.45) is 0.950. The molecule has 0 aromatic heterocycles. The number of benzene rings is 9. The summed E-state index contributed by atoms with van der Waals surface area (Å²) in [7, 11) is 0. The summed E-state index contributed by atoms with van der Waals surface area (Å²) in [4.78, 5) is 0. The lowest BCUT2D eigenvalue weighted by Gasteiger charge is -2.16. The molecule has 1 aliphatic rings. The Bertz CT molecular complexity index is 2680. The van der Waals surface area contributed by atoms with E-state index >= 15 is 0 Å². The van der Waals surface area contributed by atoms with Crippen LogP contribution in [0.25, 0.3) is 88.0 Å². The molecule has 0 radical (unpaired) electrons. The largest absolute Gasteiger partial charge is 0.0622 e. The van der Waals surface area contributed by atoms with E-state index in [2.05, 4.69) is 182 Å². The molecule has 0 fully saturated rings. The molecule has 0 heterocycles. The van der Waals surface area contributed by atoms with Crippen LogP contribution < -0.4 is 0 Å². The van der Waals surface area contributed by atoms with Crippen LogP contribution in [0.4, 0.5) is 0 Å². The first-order valence-corrected chi connectivity index (χ1v) is 17.1. The van der Waals surface area contributed by atoms with Gasteiger partial charge >= 0.3 is 0 Å². The molecule has 9 aromatic rings. The summed E-state index contributed by atoms with van der Waals surface area (Å²) in [5.41, 5.74) is 15.5. The monoisotopic (exact) mass is 620 g/mol. The van der Waals surface area contributed by atoms with Crippen LogP contribution in [0.15, 0.2) is 182 Å². The normalized spacial score (nSPS) is 12.0. The second-order valence-corrected chi connectivity index (χ2v) is 13.3. The topological polar surface area (TPSA) is 0 Å². The van der Waals surface area contributed by atoms with Crippen LogP contribution >= 0.6 is 0 Å². The van der Waals surface area contributed by atoms with Crippen LogP contribution in [0.5, 0.6) is 0 Å². The molecule has 10 rings (SSSR count). The lowest BCUT2D eigenvalue weighted by Crippen LogP contribution is -1.92. The fourth-order valence-electron chi connectivity index (χ4n) is 8.09. The second-order valence-electron chi connectivity index (χ2n) is 13.3. The van der Waals surface area contributed by atoms with Crippen molar-refractivity contribution in [1.29, 1.82) is 0 Å². The molecule has 0 saturated heterocycles. The number of rotatable bonds is 4. The van der Waals surface area contributed by atoms with Gasteiger partial charge in [-0.2, -0.15) is 0 Å². The summed E-state index contributed by atoms with van der Waals surface area (Å²) in [5, 5.41) is 7.82. The maximum atomic E-state index is 2.44. The second kappa shape index (κ2) is 11.2. The Labute approximate surface area is 286 Å². The fraction of sp³-hybridized carbons (Fsp3) is 0.0204. The molecule has 9 aromatic carbocycles. The Morgan fingerprint density at radius 3 is 1.47 bits per heavy atom. The Morgan fingerprint density at radius 1 is 0.245 bits per heavy atom. The minimum atomic E-state index is 0.950. The lowest BCUT2D eigenvalue weighted by atomic mass is 9.88. The smallest absolute Gasteiger partial charge is 0.000728 e. The summed E-state index contributed by atoms with van der Waals surface area (Å²) in [5.74, 6) is 0. The third kappa shape index (κ3) is 4.60. The van der Waals surface area contributed by atoms with E-state index in [4.69, 9.17) is 0 Å². The fourth-order valence-corrected chi connectivity index (χ4v) is 8.09. The molecule has 0 aliphatic heterocycles. The van der Waals surface area contributed by atoms with Gasteiger partial charge in [0.1, 0.15) is 0 Å². The summed E-state index contributed by atoms with van der Waals surface area (Å²) in [6, 6.07) is 67.2. The molecule has 0 spiro atoms. The molecule has 0 saturated carbocycles. The van der Waals surface area contributed by atoms with E-state index in [1.807, 2.05) is 0 Å². The minimum Gasteiger partial charge on any atom is -0.0622 e. The molecule has 49 heavy (non-hydrogen) atoms. The number of hydrogen-bond donors (Lipinski definition) is 0. The van der Waals surface area contributed by atoms with Crippen molar-refractivity contribution >= 4 is 32.3 Å². The van der Waals surface area contributed by atoms with E-state index in [0.717, 1.165) is 6.42 Å². The standard InChI is InChI=1S/C49H32/c1-2-11-32(12-3-1)33-21-23-34(24-22-33)35-14-10-15-37(27-35)46-30-39(31-47-40-16-5-4-13-38(40)29-49(46)47)36-25-26-45-43-19-7-6-17-41(43)42-18-8-9-20-44(42)48(45)28-36/h1-28,30-31H,29H2. The number of hydrogen-bond acceptors (Lipinski definition) is 0. The molecule has 0 N–H and O–H groups in total. The highest BCUT2D eigenvalue weighted by Gasteiger charge is 2.23. The summed E-state index contributed by atoms with van der Waals surface area (Å²) < 4.78 is 0. The van der Waals surface area contributed by atoms with Crippen LogP contribution in [0, 0.1) is 0 Å². The Kier molecular flexibility index (Phi) is 6.35.